The number of rotatable bonds is 15. The number of ether oxygens (including phenoxy) is 1. The normalized spacial score (nSPS) is 16.0. The van der Waals surface area contributed by atoms with E-state index in [4.69, 9.17) is 4.74 Å². The van der Waals surface area contributed by atoms with Crippen molar-refractivity contribution in [3.63, 3.8) is 0 Å². The van der Waals surface area contributed by atoms with Crippen molar-refractivity contribution in [1.82, 2.24) is 0 Å². The second-order valence-corrected chi connectivity index (χ2v) is 9.21. The Kier molecular flexibility index (Phi) is 13.4. The summed E-state index contributed by atoms with van der Waals surface area (Å²) < 4.78 is 5.14. The highest BCUT2D eigenvalue weighted by Gasteiger charge is 2.14. The Morgan fingerprint density at radius 2 is 1.89 bits per heavy atom. The molecule has 0 bridgehead atoms. The van der Waals surface area contributed by atoms with Gasteiger partial charge in [-0.1, -0.05) is 80.8 Å². The van der Waals surface area contributed by atoms with E-state index < -0.39 is 5.97 Å². The Hall–Kier alpha value is -3.92. The van der Waals surface area contributed by atoms with Gasteiger partial charge in [0.2, 0.25) is 0 Å². The molecule has 0 aliphatic heterocycles. The molecule has 1 aliphatic carbocycles. The van der Waals surface area contributed by atoms with E-state index in [1.807, 2.05) is 6.08 Å². The third-order valence-corrected chi connectivity index (χ3v) is 6.32. The zero-order chi connectivity index (χ0) is 27.8. The molecule has 1 aliphatic rings. The third-order valence-electron chi connectivity index (χ3n) is 6.32. The standard InChI is InChI=1S/C34H41NO3/c1-6-9-13-29(19-22-33(36)7-2)14-10-11-24-35(32-20-17-27(4)28(5)26-32)31-16-12-15-30(18-21-31)23-25-38-34(37)8-3/h7-18,20-21,24,26,29,31H,2-3,6,19,22-23,25H2,1,4-5H3/b13-9-,14-10?,24-11+. The van der Waals surface area contributed by atoms with Crippen LogP contribution in [-0.4, -0.2) is 24.4 Å². The van der Waals surface area contributed by atoms with Gasteiger partial charge in [0, 0.05) is 30.8 Å². The van der Waals surface area contributed by atoms with Gasteiger partial charge in [0.1, 0.15) is 0 Å². The largest absolute Gasteiger partial charge is 0.462 e. The second-order valence-electron chi connectivity index (χ2n) is 9.21. The molecular formula is C34H41NO3. The Morgan fingerprint density at radius 3 is 2.61 bits per heavy atom. The van der Waals surface area contributed by atoms with Crippen molar-refractivity contribution in [3.05, 3.63) is 127 Å². The lowest BCUT2D eigenvalue weighted by atomic mass is 10.00. The van der Waals surface area contributed by atoms with Crippen molar-refractivity contribution >= 4 is 17.4 Å². The number of hydrogen-bond acceptors (Lipinski definition) is 4. The summed E-state index contributed by atoms with van der Waals surface area (Å²) in [4.78, 5) is 25.3. The molecule has 2 unspecified atom stereocenters. The van der Waals surface area contributed by atoms with Gasteiger partial charge in [-0.15, -0.1) is 0 Å². The average Bonchev–Trinajstić information content (AvgIpc) is 3.16. The van der Waals surface area contributed by atoms with Crippen LogP contribution in [0.15, 0.2) is 116 Å². The first kappa shape index (κ1) is 30.3. The predicted octanol–water partition coefficient (Wildman–Crippen LogP) is 7.84. The van der Waals surface area contributed by atoms with E-state index in [1.165, 1.54) is 23.3 Å². The number of carbonyl (C=O) groups is 2. The molecule has 0 saturated heterocycles. The number of anilines is 1. The van der Waals surface area contributed by atoms with Crippen LogP contribution < -0.4 is 4.90 Å². The highest BCUT2D eigenvalue weighted by molar-refractivity contribution is 5.89. The lowest BCUT2D eigenvalue weighted by Crippen LogP contribution is -2.27. The first-order chi connectivity index (χ1) is 18.4. The summed E-state index contributed by atoms with van der Waals surface area (Å²) in [6, 6.07) is 6.49. The molecule has 4 nitrogen and oxygen atoms in total. The maximum absolute atomic E-state index is 11.7. The first-order valence-corrected chi connectivity index (χ1v) is 13.2. The lowest BCUT2D eigenvalue weighted by molar-refractivity contribution is -0.137. The maximum atomic E-state index is 11.7. The molecule has 2 rings (SSSR count). The van der Waals surface area contributed by atoms with Crippen LogP contribution in [0, 0.1) is 19.8 Å². The topological polar surface area (TPSA) is 46.6 Å². The van der Waals surface area contributed by atoms with E-state index >= 15 is 0 Å². The summed E-state index contributed by atoms with van der Waals surface area (Å²) in [5.74, 6) is -0.141. The van der Waals surface area contributed by atoms with Gasteiger partial charge in [0.25, 0.3) is 0 Å². The molecule has 0 saturated carbocycles. The van der Waals surface area contributed by atoms with E-state index in [2.05, 4.69) is 118 Å². The smallest absolute Gasteiger partial charge is 0.330 e. The van der Waals surface area contributed by atoms with Gasteiger partial charge in [0.05, 0.1) is 12.6 Å². The summed E-state index contributed by atoms with van der Waals surface area (Å²) >= 11 is 0. The molecule has 0 heterocycles. The quantitative estimate of drug-likeness (QED) is 0.104. The van der Waals surface area contributed by atoms with Gasteiger partial charge in [-0.05, 0) is 73.6 Å². The fourth-order valence-corrected chi connectivity index (χ4v) is 3.89. The minimum absolute atomic E-state index is 0.00669. The molecular weight excluding hydrogens is 470 g/mol. The average molecular weight is 512 g/mol. The van der Waals surface area contributed by atoms with Crippen molar-refractivity contribution in [2.75, 3.05) is 11.5 Å². The fourth-order valence-electron chi connectivity index (χ4n) is 3.89. The van der Waals surface area contributed by atoms with Gasteiger partial charge < -0.3 is 9.64 Å². The molecule has 4 heteroatoms. The monoisotopic (exact) mass is 511 g/mol. The first-order valence-electron chi connectivity index (χ1n) is 13.2. The van der Waals surface area contributed by atoms with Crippen LogP contribution in [0.25, 0.3) is 0 Å². The van der Waals surface area contributed by atoms with Crippen LogP contribution in [0.1, 0.15) is 43.7 Å². The minimum Gasteiger partial charge on any atom is -0.462 e. The van der Waals surface area contributed by atoms with Crippen LogP contribution in [0.2, 0.25) is 0 Å². The number of benzene rings is 1. The molecule has 0 radical (unpaired) electrons. The van der Waals surface area contributed by atoms with E-state index in [0.29, 0.717) is 19.4 Å². The van der Waals surface area contributed by atoms with Crippen LogP contribution in [-0.2, 0) is 14.3 Å². The fraction of sp³-hybridized carbons (Fsp3) is 0.294. The zero-order valence-corrected chi connectivity index (χ0v) is 23.0. The van der Waals surface area contributed by atoms with Gasteiger partial charge in [-0.2, -0.15) is 0 Å². The van der Waals surface area contributed by atoms with Gasteiger partial charge in [-0.25, -0.2) is 4.79 Å². The summed E-state index contributed by atoms with van der Waals surface area (Å²) in [6.45, 7) is 13.7. The molecule has 0 fully saturated rings. The number of carbonyl (C=O) groups excluding carboxylic acids is 2. The summed E-state index contributed by atoms with van der Waals surface area (Å²) in [7, 11) is 0. The number of ketones is 1. The minimum atomic E-state index is -0.407. The van der Waals surface area contributed by atoms with E-state index in [9.17, 15) is 9.59 Å². The van der Waals surface area contributed by atoms with E-state index in [0.717, 1.165) is 24.1 Å². The Balaban J connectivity index is 2.22. The summed E-state index contributed by atoms with van der Waals surface area (Å²) in [5.41, 5.74) is 4.67. The summed E-state index contributed by atoms with van der Waals surface area (Å²) in [6.07, 6.45) is 28.6. The molecule has 0 aromatic heterocycles. The Morgan fingerprint density at radius 1 is 1.08 bits per heavy atom. The van der Waals surface area contributed by atoms with Crippen LogP contribution >= 0.6 is 0 Å². The summed E-state index contributed by atoms with van der Waals surface area (Å²) in [5, 5.41) is 0. The third kappa shape index (κ3) is 10.6. The van der Waals surface area contributed by atoms with Crippen molar-refractivity contribution in [3.8, 4) is 0 Å². The molecule has 38 heavy (non-hydrogen) atoms. The van der Waals surface area contributed by atoms with Crippen molar-refractivity contribution < 1.29 is 14.3 Å². The Bertz CT molecular complexity index is 1150. The van der Waals surface area contributed by atoms with Crippen LogP contribution in [0.3, 0.4) is 0 Å². The predicted molar refractivity (Wildman–Crippen MR) is 160 cm³/mol. The van der Waals surface area contributed by atoms with Gasteiger partial charge >= 0.3 is 5.97 Å². The molecule has 1 aromatic rings. The molecule has 0 N–H and O–H groups in total. The van der Waals surface area contributed by atoms with Crippen molar-refractivity contribution in [1.29, 1.82) is 0 Å². The molecule has 200 valence electrons. The number of aryl methyl sites for hydroxylation is 2. The second kappa shape index (κ2) is 16.8. The highest BCUT2D eigenvalue weighted by atomic mass is 16.5. The van der Waals surface area contributed by atoms with Gasteiger partial charge in [-0.3, -0.25) is 4.79 Å². The number of esters is 1. The Labute approximate surface area is 228 Å². The van der Waals surface area contributed by atoms with Crippen LogP contribution in [0.4, 0.5) is 5.69 Å². The number of nitrogens with zero attached hydrogens (tertiary/aromatic N) is 1. The van der Waals surface area contributed by atoms with E-state index in [-0.39, 0.29) is 17.7 Å². The molecule has 2 atom stereocenters. The van der Waals surface area contributed by atoms with Gasteiger partial charge in [0.15, 0.2) is 5.78 Å². The number of allylic oxidation sites excluding steroid dienone is 9. The number of hydrogen-bond donors (Lipinski definition) is 0. The van der Waals surface area contributed by atoms with Crippen molar-refractivity contribution in [2.24, 2.45) is 5.92 Å². The van der Waals surface area contributed by atoms with Crippen LogP contribution in [0.5, 0.6) is 0 Å². The molecule has 0 spiro atoms. The van der Waals surface area contributed by atoms with Crippen molar-refractivity contribution in [2.45, 2.75) is 52.5 Å². The highest BCUT2D eigenvalue weighted by Crippen LogP contribution is 2.24. The maximum Gasteiger partial charge on any atom is 0.330 e. The lowest BCUT2D eigenvalue weighted by Gasteiger charge is -2.27. The molecule has 1 aromatic carbocycles. The molecule has 0 amide bonds. The SMILES string of the molecule is C=CC(=O)CCC(C=C/C=C/N(c1ccc(C)c(C)c1)C1C=CC=C(CCOC(=O)C=C)C=C1)/C=C\CC. The zero-order valence-electron chi connectivity index (χ0n) is 23.0. The van der Waals surface area contributed by atoms with E-state index in [1.54, 1.807) is 0 Å².